The summed E-state index contributed by atoms with van der Waals surface area (Å²) in [5.41, 5.74) is 1.17. The van der Waals surface area contributed by atoms with Crippen LogP contribution in [-0.4, -0.2) is 36.2 Å². The monoisotopic (exact) mass is 412 g/mol. The molecule has 0 N–H and O–H groups in total. The Balaban J connectivity index is 1.91. The molecule has 4 nitrogen and oxygen atoms in total. The van der Waals surface area contributed by atoms with Crippen LogP contribution in [0.1, 0.15) is 39.2 Å². The highest BCUT2D eigenvalue weighted by molar-refractivity contribution is 9.10. The zero-order valence-corrected chi connectivity index (χ0v) is 17.1. The van der Waals surface area contributed by atoms with E-state index in [1.807, 2.05) is 25.1 Å². The van der Waals surface area contributed by atoms with Crippen LogP contribution >= 0.6 is 15.9 Å². The van der Waals surface area contributed by atoms with Crippen LogP contribution in [-0.2, 0) is 25.6 Å². The van der Waals surface area contributed by atoms with Crippen LogP contribution < -0.4 is 0 Å². The van der Waals surface area contributed by atoms with E-state index in [4.69, 9.17) is 14.2 Å². The van der Waals surface area contributed by atoms with Crippen molar-refractivity contribution in [1.29, 1.82) is 0 Å². The number of carbonyl (C=O) groups excluding carboxylic acids is 1. The number of hydrogen-bond acceptors (Lipinski definition) is 4. The summed E-state index contributed by atoms with van der Waals surface area (Å²) in [6.07, 6.45) is 1.73. The highest BCUT2D eigenvalue weighted by atomic mass is 79.9. The fraction of sp³-hybridized carbons (Fsp3) is 0.650. The van der Waals surface area contributed by atoms with Crippen LogP contribution in [0.2, 0.25) is 0 Å². The summed E-state index contributed by atoms with van der Waals surface area (Å²) < 4.78 is 16.3. The van der Waals surface area contributed by atoms with Gasteiger partial charge in [-0.25, -0.2) is 0 Å². The van der Waals surface area contributed by atoms with Gasteiger partial charge < -0.3 is 14.2 Å². The van der Waals surface area contributed by atoms with Gasteiger partial charge in [0.25, 0.3) is 0 Å². The third-order valence-corrected chi connectivity index (χ3v) is 5.84. The molecule has 1 heterocycles. The SMILES string of the molecule is COC(=O)C(C)(Br)[C@H]1CC[C@H](C)[C@H]([C@@H](C)COCc2ccccc2)O1. The Morgan fingerprint density at radius 3 is 2.68 bits per heavy atom. The highest BCUT2D eigenvalue weighted by Gasteiger charge is 2.45. The van der Waals surface area contributed by atoms with Gasteiger partial charge in [-0.2, -0.15) is 0 Å². The third-order valence-electron chi connectivity index (χ3n) is 5.01. The molecule has 0 aliphatic carbocycles. The predicted molar refractivity (Wildman–Crippen MR) is 102 cm³/mol. The number of hydrogen-bond donors (Lipinski definition) is 0. The van der Waals surface area contributed by atoms with Crippen molar-refractivity contribution < 1.29 is 19.0 Å². The largest absolute Gasteiger partial charge is 0.468 e. The summed E-state index contributed by atoms with van der Waals surface area (Å²) in [6, 6.07) is 10.2. The molecule has 0 saturated carbocycles. The van der Waals surface area contributed by atoms with Crippen molar-refractivity contribution in [3.05, 3.63) is 35.9 Å². The molecule has 0 spiro atoms. The normalized spacial score (nSPS) is 27.3. The summed E-state index contributed by atoms with van der Waals surface area (Å²) >= 11 is 3.52. The van der Waals surface area contributed by atoms with Gasteiger partial charge in [0, 0.05) is 5.92 Å². The minimum absolute atomic E-state index is 0.0658. The standard InChI is InChI=1S/C20H29BrO4/c1-14-10-11-17(20(3,21)19(22)23-4)25-18(14)15(2)12-24-13-16-8-6-5-7-9-16/h5-9,14-15,17-18H,10-13H2,1-4H3/t14-,15-,17+,18+,20?/m0/s1. The Morgan fingerprint density at radius 2 is 2.04 bits per heavy atom. The van der Waals surface area contributed by atoms with Crippen molar-refractivity contribution in [2.45, 2.75) is 56.8 Å². The first-order valence-electron chi connectivity index (χ1n) is 8.90. The van der Waals surface area contributed by atoms with Crippen molar-refractivity contribution >= 4 is 21.9 Å². The van der Waals surface area contributed by atoms with Gasteiger partial charge >= 0.3 is 5.97 Å². The number of halogens is 1. The van der Waals surface area contributed by atoms with E-state index in [0.29, 0.717) is 19.1 Å². The zero-order valence-electron chi connectivity index (χ0n) is 15.5. The second kappa shape index (κ2) is 9.15. The van der Waals surface area contributed by atoms with E-state index in [0.717, 1.165) is 12.8 Å². The van der Waals surface area contributed by atoms with Gasteiger partial charge in [0.05, 0.1) is 32.5 Å². The van der Waals surface area contributed by atoms with Crippen molar-refractivity contribution in [3.8, 4) is 0 Å². The summed E-state index contributed by atoms with van der Waals surface area (Å²) in [4.78, 5) is 12.0. The number of methoxy groups -OCH3 is 1. The van der Waals surface area contributed by atoms with Gasteiger partial charge in [-0.1, -0.05) is 60.1 Å². The molecule has 0 bridgehead atoms. The number of alkyl halides is 1. The van der Waals surface area contributed by atoms with Crippen LogP contribution in [0.15, 0.2) is 30.3 Å². The smallest absolute Gasteiger partial charge is 0.325 e. The lowest BCUT2D eigenvalue weighted by molar-refractivity contribution is -0.159. The molecule has 140 valence electrons. The minimum atomic E-state index is -0.815. The Kier molecular flexibility index (Phi) is 7.47. The maximum Gasteiger partial charge on any atom is 0.325 e. The molecule has 25 heavy (non-hydrogen) atoms. The lowest BCUT2D eigenvalue weighted by Crippen LogP contribution is -2.50. The average Bonchev–Trinajstić information content (AvgIpc) is 2.61. The molecule has 5 atom stereocenters. The van der Waals surface area contributed by atoms with E-state index in [9.17, 15) is 4.79 Å². The Bertz CT molecular complexity index is 546. The van der Waals surface area contributed by atoms with Crippen LogP contribution in [0.25, 0.3) is 0 Å². The number of esters is 1. The fourth-order valence-corrected chi connectivity index (χ4v) is 3.93. The molecule has 1 aliphatic heterocycles. The van der Waals surface area contributed by atoms with Gasteiger partial charge in [-0.15, -0.1) is 0 Å². The molecular formula is C20H29BrO4. The highest BCUT2D eigenvalue weighted by Crippen LogP contribution is 2.38. The molecule has 0 amide bonds. The van der Waals surface area contributed by atoms with Crippen molar-refractivity contribution in [2.75, 3.05) is 13.7 Å². The van der Waals surface area contributed by atoms with Crippen molar-refractivity contribution in [3.63, 3.8) is 0 Å². The first-order valence-corrected chi connectivity index (χ1v) is 9.70. The van der Waals surface area contributed by atoms with Gasteiger partial charge in [0.2, 0.25) is 0 Å². The van der Waals surface area contributed by atoms with Crippen LogP contribution in [0.3, 0.4) is 0 Å². The molecule has 0 radical (unpaired) electrons. The molecular weight excluding hydrogens is 384 g/mol. The average molecular weight is 413 g/mol. The van der Waals surface area contributed by atoms with Crippen LogP contribution in [0.5, 0.6) is 0 Å². The van der Waals surface area contributed by atoms with Gasteiger partial charge in [0.15, 0.2) is 0 Å². The maximum absolute atomic E-state index is 12.0. The van der Waals surface area contributed by atoms with Crippen molar-refractivity contribution in [2.24, 2.45) is 11.8 Å². The second-order valence-corrected chi connectivity index (χ2v) is 8.84. The minimum Gasteiger partial charge on any atom is -0.468 e. The molecule has 1 aromatic carbocycles. The molecule has 1 aromatic rings. The lowest BCUT2D eigenvalue weighted by Gasteiger charge is -2.42. The third kappa shape index (κ3) is 5.28. The summed E-state index contributed by atoms with van der Waals surface area (Å²) in [6.45, 7) is 7.42. The number of carbonyl (C=O) groups is 1. The molecule has 2 rings (SSSR count). The van der Waals surface area contributed by atoms with Crippen LogP contribution in [0.4, 0.5) is 0 Å². The maximum atomic E-state index is 12.0. The Morgan fingerprint density at radius 1 is 1.36 bits per heavy atom. The number of benzene rings is 1. The Hall–Kier alpha value is -0.910. The molecule has 1 fully saturated rings. The van der Waals surface area contributed by atoms with E-state index in [1.165, 1.54) is 12.7 Å². The topological polar surface area (TPSA) is 44.8 Å². The van der Waals surface area contributed by atoms with E-state index in [1.54, 1.807) is 0 Å². The summed E-state index contributed by atoms with van der Waals surface area (Å²) in [5, 5.41) is 0. The predicted octanol–water partition coefficient (Wildman–Crippen LogP) is 4.35. The van der Waals surface area contributed by atoms with E-state index in [2.05, 4.69) is 41.9 Å². The summed E-state index contributed by atoms with van der Waals surface area (Å²) in [7, 11) is 1.41. The Labute approximate surface area is 159 Å². The fourth-order valence-electron chi connectivity index (χ4n) is 3.43. The van der Waals surface area contributed by atoms with E-state index in [-0.39, 0.29) is 24.1 Å². The van der Waals surface area contributed by atoms with Crippen molar-refractivity contribution in [1.82, 2.24) is 0 Å². The summed E-state index contributed by atoms with van der Waals surface area (Å²) in [5.74, 6) is 0.397. The first-order chi connectivity index (χ1) is 11.9. The lowest BCUT2D eigenvalue weighted by atomic mass is 9.84. The molecule has 5 heteroatoms. The van der Waals surface area contributed by atoms with E-state index >= 15 is 0 Å². The van der Waals surface area contributed by atoms with Crippen LogP contribution in [0, 0.1) is 11.8 Å². The van der Waals surface area contributed by atoms with Gasteiger partial charge in [0.1, 0.15) is 4.32 Å². The molecule has 1 unspecified atom stereocenters. The van der Waals surface area contributed by atoms with E-state index < -0.39 is 4.32 Å². The molecule has 1 saturated heterocycles. The molecule has 1 aliphatic rings. The van der Waals surface area contributed by atoms with Gasteiger partial charge in [-0.05, 0) is 31.2 Å². The zero-order chi connectivity index (χ0) is 18.4. The van der Waals surface area contributed by atoms with Gasteiger partial charge in [-0.3, -0.25) is 4.79 Å². The second-order valence-electron chi connectivity index (χ2n) is 7.19. The quantitative estimate of drug-likeness (QED) is 0.493. The number of rotatable bonds is 7. The molecule has 0 aromatic heterocycles. The number of ether oxygens (including phenoxy) is 3. The first kappa shape index (κ1) is 20.4.